The van der Waals surface area contributed by atoms with Crippen LogP contribution < -0.4 is 29.6 Å². The van der Waals surface area contributed by atoms with Gasteiger partial charge in [-0.15, -0.1) is 0 Å². The maximum Gasteiger partial charge on any atom is 1.00 e. The van der Waals surface area contributed by atoms with Crippen LogP contribution in [0.1, 0.15) is 0 Å². The molecule has 0 radical (unpaired) electrons. The number of hydrogen-bond acceptors (Lipinski definition) is 6. The third kappa shape index (κ3) is 10.9. The second-order valence-corrected chi connectivity index (χ2v) is 4.40. The largest absolute Gasteiger partial charge is 1.00 e. The second-order valence-electron chi connectivity index (χ2n) is 2.92. The van der Waals surface area contributed by atoms with E-state index in [1.54, 1.807) is 0 Å². The summed E-state index contributed by atoms with van der Waals surface area (Å²) in [4.78, 5) is 2.49. The topological polar surface area (TPSA) is 139 Å². The molecule has 0 spiro atoms. The van der Waals surface area contributed by atoms with Gasteiger partial charge < -0.3 is 14.4 Å². The van der Waals surface area contributed by atoms with E-state index in [4.69, 9.17) is 10.3 Å². The Morgan fingerprint density at radius 3 is 2.71 bits per heavy atom. The number of aliphatic hydroxyl groups is 1. The van der Waals surface area contributed by atoms with E-state index in [9.17, 15) is 18.1 Å². The Morgan fingerprint density at radius 2 is 2.24 bits per heavy atom. The van der Waals surface area contributed by atoms with Gasteiger partial charge in [0.05, 0.1) is 19.3 Å². The zero-order chi connectivity index (χ0) is 12.6. The molecule has 0 saturated heterocycles. The van der Waals surface area contributed by atoms with E-state index in [-0.39, 0.29) is 55.9 Å². The Hall–Kier alpha value is 0.1000. The summed E-state index contributed by atoms with van der Waals surface area (Å²) in [6, 6.07) is 0. The quantitative estimate of drug-likeness (QED) is 0.120. The smallest absolute Gasteiger partial charge is 0.735 e. The number of ether oxygens (including phenoxy) is 1. The monoisotopic (exact) mass is 276 g/mol. The molecule has 0 bridgehead atoms. The van der Waals surface area contributed by atoms with E-state index >= 15 is 0 Å². The molecule has 0 rings (SSSR count). The molecule has 0 amide bonds. The number of aliphatic hydroxyl groups excluding tert-OH is 1. The molecule has 0 aliphatic carbocycles. The van der Waals surface area contributed by atoms with Crippen molar-refractivity contribution in [2.75, 3.05) is 33.4 Å². The van der Waals surface area contributed by atoms with Crippen LogP contribution in [0, 0.1) is 0 Å². The molecule has 11 heteroatoms. The molecule has 9 nitrogen and oxygen atoms in total. The van der Waals surface area contributed by atoms with E-state index in [0.29, 0.717) is 4.31 Å². The fourth-order valence-corrected chi connectivity index (χ4v) is 1.16. The molecule has 1 unspecified atom stereocenters. The Labute approximate surface area is 122 Å². The van der Waals surface area contributed by atoms with Crippen molar-refractivity contribution in [3.63, 3.8) is 0 Å². The molecule has 0 aliphatic heterocycles. The van der Waals surface area contributed by atoms with Gasteiger partial charge in [-0.2, -0.15) is 0 Å². The van der Waals surface area contributed by atoms with Crippen LogP contribution in [0.15, 0.2) is 5.11 Å². The minimum atomic E-state index is -4.54. The first-order valence-electron chi connectivity index (χ1n) is 4.31. The van der Waals surface area contributed by atoms with Crippen molar-refractivity contribution in [1.82, 2.24) is 4.31 Å². The molecule has 1 atom stereocenters. The van der Waals surface area contributed by atoms with Crippen LogP contribution in [0.4, 0.5) is 0 Å². The van der Waals surface area contributed by atoms with Crippen molar-refractivity contribution in [1.29, 1.82) is 0 Å². The maximum absolute atomic E-state index is 10.4. The van der Waals surface area contributed by atoms with Crippen LogP contribution in [-0.2, 0) is 15.0 Å². The number of azide groups is 1. The average Bonchev–Trinajstić information content (AvgIpc) is 2.16. The van der Waals surface area contributed by atoms with Crippen molar-refractivity contribution >= 4 is 10.3 Å². The van der Waals surface area contributed by atoms with Crippen LogP contribution >= 0.6 is 0 Å². The van der Waals surface area contributed by atoms with E-state index in [0.717, 1.165) is 7.05 Å². The summed E-state index contributed by atoms with van der Waals surface area (Å²) >= 11 is 0. The summed E-state index contributed by atoms with van der Waals surface area (Å²) in [6.45, 7) is -0.234. The Balaban J connectivity index is 0. The molecule has 0 aromatic heterocycles. The molecule has 17 heavy (non-hydrogen) atoms. The number of nitrogens with zero attached hydrogens (tertiary/aromatic N) is 4. The molecule has 0 aromatic carbocycles. The first kappa shape index (κ1) is 19.4. The van der Waals surface area contributed by atoms with Crippen LogP contribution in [0.2, 0.25) is 0 Å². The summed E-state index contributed by atoms with van der Waals surface area (Å²) in [7, 11) is -3.47. The van der Waals surface area contributed by atoms with E-state index in [2.05, 4.69) is 10.0 Å². The summed E-state index contributed by atoms with van der Waals surface area (Å²) in [5.74, 6) is 0. The second kappa shape index (κ2) is 10.1. The van der Waals surface area contributed by atoms with Gasteiger partial charge in [-0.3, -0.25) is 0 Å². The van der Waals surface area contributed by atoms with Crippen molar-refractivity contribution in [2.24, 2.45) is 5.11 Å². The Morgan fingerprint density at radius 1 is 1.65 bits per heavy atom. The third-order valence-corrected chi connectivity index (χ3v) is 2.47. The van der Waals surface area contributed by atoms with Gasteiger partial charge in [-0.05, 0) is 5.53 Å². The predicted molar refractivity (Wildman–Crippen MR) is 53.2 cm³/mol. The molecular weight excluding hydrogens is 263 g/mol. The predicted octanol–water partition coefficient (Wildman–Crippen LogP) is -3.93. The van der Waals surface area contributed by atoms with Gasteiger partial charge in [-0.25, -0.2) is 12.7 Å². The van der Waals surface area contributed by atoms with Crippen molar-refractivity contribution in [3.8, 4) is 0 Å². The van der Waals surface area contributed by atoms with Gasteiger partial charge in [0.2, 0.25) is 0 Å². The normalized spacial score (nSPS) is 12.7. The van der Waals surface area contributed by atoms with Gasteiger partial charge >= 0.3 is 29.6 Å². The molecule has 0 aliphatic rings. The van der Waals surface area contributed by atoms with E-state index in [1.165, 1.54) is 0 Å². The fraction of sp³-hybridized carbons (Fsp3) is 1.00. The Bertz CT molecular complexity index is 344. The SMILES string of the molecule is CN(CC(O)COCCN=[N+]=[N-])S(=O)(=O)[O-].[Na+]. The summed E-state index contributed by atoms with van der Waals surface area (Å²) in [5.41, 5.74) is 7.93. The Kier molecular flexibility index (Phi) is 11.5. The van der Waals surface area contributed by atoms with Gasteiger partial charge in [0.1, 0.15) is 0 Å². The van der Waals surface area contributed by atoms with Crippen LogP contribution in [-0.4, -0.2) is 61.8 Å². The van der Waals surface area contributed by atoms with Gasteiger partial charge in [0.25, 0.3) is 0 Å². The molecule has 94 valence electrons. The minimum Gasteiger partial charge on any atom is -0.735 e. The molecule has 0 aromatic rings. The maximum atomic E-state index is 10.4. The number of rotatable bonds is 8. The standard InChI is InChI=1S/C6H14N4O5S.Na/c1-10(16(12,13)14)4-6(11)5-15-3-2-8-9-7;/h6,11H,2-5H2,1H3,(H,12,13,14);/q;+1/p-1. The number of likely N-dealkylation sites (N-methyl/N-ethyl adjacent to an activating group) is 1. The fourth-order valence-electron chi connectivity index (χ4n) is 0.810. The number of hydrogen-bond donors (Lipinski definition) is 1. The molecule has 0 fully saturated rings. The average molecular weight is 276 g/mol. The third-order valence-electron chi connectivity index (χ3n) is 1.56. The van der Waals surface area contributed by atoms with Crippen molar-refractivity contribution in [2.45, 2.75) is 6.10 Å². The molecule has 0 saturated carbocycles. The molecule has 0 heterocycles. The van der Waals surface area contributed by atoms with E-state index in [1.807, 2.05) is 0 Å². The van der Waals surface area contributed by atoms with Gasteiger partial charge in [0, 0.05) is 25.0 Å². The first-order chi connectivity index (χ1) is 7.38. The minimum absolute atomic E-state index is 0. The summed E-state index contributed by atoms with van der Waals surface area (Å²) in [6.07, 6.45) is -1.10. The van der Waals surface area contributed by atoms with Crippen molar-refractivity contribution in [3.05, 3.63) is 10.4 Å². The molecule has 1 N–H and O–H groups in total. The van der Waals surface area contributed by atoms with Crippen molar-refractivity contribution < 1.29 is 52.4 Å². The molecular formula is C6H13N4NaO5S. The first-order valence-corrected chi connectivity index (χ1v) is 5.68. The van der Waals surface area contributed by atoms with Crippen LogP contribution in [0.5, 0.6) is 0 Å². The van der Waals surface area contributed by atoms with E-state index < -0.39 is 16.4 Å². The summed E-state index contributed by atoms with van der Waals surface area (Å²) < 4.78 is 36.7. The van der Waals surface area contributed by atoms with Gasteiger partial charge in [0.15, 0.2) is 10.3 Å². The van der Waals surface area contributed by atoms with Crippen LogP contribution in [0.3, 0.4) is 0 Å². The zero-order valence-corrected chi connectivity index (χ0v) is 12.5. The van der Waals surface area contributed by atoms with Crippen LogP contribution in [0.25, 0.3) is 10.4 Å². The zero-order valence-electron chi connectivity index (χ0n) is 9.68. The van der Waals surface area contributed by atoms with Gasteiger partial charge in [-0.1, -0.05) is 5.11 Å². The summed E-state index contributed by atoms with van der Waals surface area (Å²) in [5, 5.41) is 12.5.